The van der Waals surface area contributed by atoms with Gasteiger partial charge in [-0.15, -0.1) is 0 Å². The smallest absolute Gasteiger partial charge is 0.287 e. The van der Waals surface area contributed by atoms with E-state index in [4.69, 9.17) is 4.74 Å². The van der Waals surface area contributed by atoms with Gasteiger partial charge < -0.3 is 25.0 Å². The van der Waals surface area contributed by atoms with Gasteiger partial charge in [0.2, 0.25) is 0 Å². The first-order valence-electron chi connectivity index (χ1n) is 10.5. The molecule has 0 unspecified atom stereocenters. The number of phenols is 1. The van der Waals surface area contributed by atoms with Crippen molar-refractivity contribution in [2.45, 2.75) is 6.04 Å². The highest BCUT2D eigenvalue weighted by Crippen LogP contribution is 2.21. The molecule has 1 aliphatic rings. The quantitative estimate of drug-likeness (QED) is 0.576. The summed E-state index contributed by atoms with van der Waals surface area (Å²) in [7, 11) is 1.62. The first kappa shape index (κ1) is 20.8. The maximum absolute atomic E-state index is 13.4. The zero-order valence-corrected chi connectivity index (χ0v) is 17.6. The minimum Gasteiger partial charge on any atom is -0.508 e. The van der Waals surface area contributed by atoms with Gasteiger partial charge in [-0.05, 0) is 36.4 Å². The maximum Gasteiger partial charge on any atom is 0.287 e. The summed E-state index contributed by atoms with van der Waals surface area (Å²) in [5, 5.41) is 12.6. The van der Waals surface area contributed by atoms with Crippen molar-refractivity contribution in [2.24, 2.45) is 0 Å². The highest BCUT2D eigenvalue weighted by Gasteiger charge is 2.34. The van der Waals surface area contributed by atoms with Gasteiger partial charge in [0.1, 0.15) is 11.5 Å². The van der Waals surface area contributed by atoms with Crippen LogP contribution < -0.4 is 19.9 Å². The molecule has 6 nitrogen and oxygen atoms in total. The number of benzene rings is 3. The lowest BCUT2D eigenvalue weighted by Crippen LogP contribution is -3.16. The number of carbonyl (C=O) groups is 1. The third-order valence-corrected chi connectivity index (χ3v) is 5.76. The summed E-state index contributed by atoms with van der Waals surface area (Å²) < 4.78 is 5.28. The van der Waals surface area contributed by atoms with Crippen LogP contribution in [-0.2, 0) is 4.79 Å². The number of nitrogens with one attached hydrogen (secondary N) is 2. The average molecular weight is 419 g/mol. The molecule has 4 rings (SSSR count). The summed E-state index contributed by atoms with van der Waals surface area (Å²) >= 11 is 0. The van der Waals surface area contributed by atoms with E-state index in [1.165, 1.54) is 4.90 Å². The van der Waals surface area contributed by atoms with E-state index >= 15 is 0 Å². The summed E-state index contributed by atoms with van der Waals surface area (Å²) in [6, 6.07) is 24.4. The number of nitrogens with zero attached hydrogens (tertiary/aromatic N) is 1. The van der Waals surface area contributed by atoms with E-state index in [2.05, 4.69) is 10.2 Å². The summed E-state index contributed by atoms with van der Waals surface area (Å²) in [5.74, 6) is 0.961. The predicted molar refractivity (Wildman–Crippen MR) is 122 cm³/mol. The molecule has 3 N–H and O–H groups in total. The van der Waals surface area contributed by atoms with Crippen LogP contribution in [0.2, 0.25) is 0 Å². The Hall–Kier alpha value is -3.51. The van der Waals surface area contributed by atoms with Crippen LogP contribution in [0, 0.1) is 0 Å². The highest BCUT2D eigenvalue weighted by atomic mass is 16.5. The largest absolute Gasteiger partial charge is 0.508 e. The Morgan fingerprint density at radius 3 is 2.39 bits per heavy atom. The van der Waals surface area contributed by atoms with Gasteiger partial charge in [0.15, 0.2) is 6.04 Å². The second-order valence-corrected chi connectivity index (χ2v) is 7.73. The van der Waals surface area contributed by atoms with Crippen LogP contribution in [0.1, 0.15) is 11.6 Å². The second-order valence-electron chi connectivity index (χ2n) is 7.73. The van der Waals surface area contributed by atoms with Gasteiger partial charge in [0, 0.05) is 23.0 Å². The molecule has 0 spiro atoms. The predicted octanol–water partition coefficient (Wildman–Crippen LogP) is 2.49. The van der Waals surface area contributed by atoms with Crippen LogP contribution in [0.3, 0.4) is 0 Å². The molecule has 0 saturated carbocycles. The summed E-state index contributed by atoms with van der Waals surface area (Å²) in [6.45, 7) is 3.36. The zero-order valence-electron chi connectivity index (χ0n) is 17.6. The molecule has 3 aromatic rings. The van der Waals surface area contributed by atoms with Crippen LogP contribution >= 0.6 is 0 Å². The van der Waals surface area contributed by atoms with Crippen LogP contribution in [0.25, 0.3) is 0 Å². The van der Waals surface area contributed by atoms with Gasteiger partial charge in [0.25, 0.3) is 5.91 Å². The lowest BCUT2D eigenvalue weighted by Gasteiger charge is -2.37. The van der Waals surface area contributed by atoms with Crippen molar-refractivity contribution < 1.29 is 19.5 Å². The minimum absolute atomic E-state index is 0.0208. The van der Waals surface area contributed by atoms with Crippen LogP contribution in [0.4, 0.5) is 11.4 Å². The third kappa shape index (κ3) is 4.98. The Morgan fingerprint density at radius 2 is 1.71 bits per heavy atom. The number of ether oxygens (including phenoxy) is 1. The maximum atomic E-state index is 13.4. The number of hydrogen-bond donors (Lipinski definition) is 3. The molecule has 1 aliphatic heterocycles. The van der Waals surface area contributed by atoms with Gasteiger partial charge in [0.05, 0.1) is 33.3 Å². The fourth-order valence-corrected chi connectivity index (χ4v) is 4.14. The van der Waals surface area contributed by atoms with E-state index in [1.54, 1.807) is 19.2 Å². The molecule has 0 bridgehead atoms. The molecular weight excluding hydrogens is 390 g/mol. The van der Waals surface area contributed by atoms with E-state index in [-0.39, 0.29) is 17.7 Å². The lowest BCUT2D eigenvalue weighted by molar-refractivity contribution is -0.922. The Morgan fingerprint density at radius 1 is 1.00 bits per heavy atom. The van der Waals surface area contributed by atoms with Crippen molar-refractivity contribution in [3.8, 4) is 11.5 Å². The van der Waals surface area contributed by atoms with E-state index in [0.29, 0.717) is 5.75 Å². The monoisotopic (exact) mass is 418 g/mol. The van der Waals surface area contributed by atoms with Crippen LogP contribution in [-0.4, -0.2) is 44.3 Å². The van der Waals surface area contributed by atoms with Gasteiger partial charge in [-0.1, -0.05) is 36.4 Å². The van der Waals surface area contributed by atoms with E-state index in [1.807, 2.05) is 66.7 Å². The number of quaternary nitrogens is 1. The fraction of sp³-hybridized carbons (Fsp3) is 0.240. The highest BCUT2D eigenvalue weighted by molar-refractivity contribution is 5.94. The normalized spacial score (nSPS) is 15.3. The summed E-state index contributed by atoms with van der Waals surface area (Å²) in [4.78, 5) is 16.9. The van der Waals surface area contributed by atoms with Gasteiger partial charge >= 0.3 is 0 Å². The topological polar surface area (TPSA) is 66.2 Å². The summed E-state index contributed by atoms with van der Waals surface area (Å²) in [5.41, 5.74) is 2.83. The fourth-order valence-electron chi connectivity index (χ4n) is 4.14. The molecule has 0 radical (unpaired) electrons. The Labute approximate surface area is 182 Å². The molecule has 1 atom stereocenters. The number of aromatic hydroxyl groups is 1. The molecule has 31 heavy (non-hydrogen) atoms. The average Bonchev–Trinajstić information content (AvgIpc) is 2.81. The van der Waals surface area contributed by atoms with E-state index in [0.717, 1.165) is 43.1 Å². The lowest BCUT2D eigenvalue weighted by atomic mass is 10.0. The number of amides is 1. The number of carbonyl (C=O) groups excluding carboxylic acids is 1. The van der Waals surface area contributed by atoms with Gasteiger partial charge in [-0.25, -0.2) is 0 Å². The first-order chi connectivity index (χ1) is 15.1. The van der Waals surface area contributed by atoms with E-state index < -0.39 is 0 Å². The first-order valence-corrected chi connectivity index (χ1v) is 10.5. The molecule has 1 amide bonds. The molecular formula is C25H28N3O3+. The molecule has 0 aliphatic carbocycles. The molecule has 1 saturated heterocycles. The molecule has 160 valence electrons. The van der Waals surface area contributed by atoms with Crippen LogP contribution in [0.5, 0.6) is 11.5 Å². The molecule has 6 heteroatoms. The number of hydrogen-bond acceptors (Lipinski definition) is 4. The minimum atomic E-state index is -0.297. The van der Waals surface area contributed by atoms with Crippen molar-refractivity contribution >= 4 is 17.3 Å². The Bertz CT molecular complexity index is 1000. The van der Waals surface area contributed by atoms with Crippen molar-refractivity contribution in [3.63, 3.8) is 0 Å². The van der Waals surface area contributed by atoms with Gasteiger partial charge in [-0.2, -0.15) is 0 Å². The Kier molecular flexibility index (Phi) is 6.38. The van der Waals surface area contributed by atoms with E-state index in [9.17, 15) is 9.90 Å². The SMILES string of the molecule is COc1cccc(NC(=O)[C@H](c2ccccc2)[NH+]2CCN(c3ccc(O)cc3)CC2)c1. The molecule has 1 heterocycles. The molecule has 1 fully saturated rings. The molecule has 3 aromatic carbocycles. The molecule has 0 aromatic heterocycles. The van der Waals surface area contributed by atoms with Crippen molar-refractivity contribution in [1.29, 1.82) is 0 Å². The van der Waals surface area contributed by atoms with Crippen molar-refractivity contribution in [2.75, 3.05) is 43.5 Å². The van der Waals surface area contributed by atoms with Crippen LogP contribution in [0.15, 0.2) is 78.9 Å². The number of piperazine rings is 1. The van der Waals surface area contributed by atoms with Crippen molar-refractivity contribution in [1.82, 2.24) is 0 Å². The number of phenolic OH excluding ortho intramolecular Hbond substituents is 1. The number of rotatable bonds is 6. The Balaban J connectivity index is 1.50. The third-order valence-electron chi connectivity index (χ3n) is 5.76. The summed E-state index contributed by atoms with van der Waals surface area (Å²) in [6.07, 6.45) is 0. The zero-order chi connectivity index (χ0) is 21.6. The van der Waals surface area contributed by atoms with Crippen molar-refractivity contribution in [3.05, 3.63) is 84.4 Å². The standard InChI is InChI=1S/C25H27N3O3/c1-31-23-9-5-8-20(18-23)26-25(30)24(19-6-3-2-4-7-19)28-16-14-27(15-17-28)21-10-12-22(29)13-11-21/h2-13,18,24,29H,14-17H2,1H3,(H,26,30)/p+1/t24-/m0/s1. The van der Waals surface area contributed by atoms with Gasteiger partial charge in [-0.3, -0.25) is 4.79 Å². The number of anilines is 2. The number of methoxy groups -OCH3 is 1. The second kappa shape index (κ2) is 9.53.